The van der Waals surface area contributed by atoms with Gasteiger partial charge in [0.25, 0.3) is 0 Å². The lowest BCUT2D eigenvalue weighted by atomic mass is 10.1. The Kier molecular flexibility index (Phi) is 3.85. The monoisotopic (exact) mass is 251 g/mol. The quantitative estimate of drug-likeness (QED) is 0.842. The van der Waals surface area contributed by atoms with Crippen LogP contribution in [-0.4, -0.2) is 17.8 Å². The number of aromatic nitrogens is 1. The molecule has 84 valence electrons. The molecule has 0 bridgehead atoms. The van der Waals surface area contributed by atoms with E-state index in [9.17, 15) is 0 Å². The van der Waals surface area contributed by atoms with Crippen LogP contribution in [0.5, 0.6) is 5.75 Å². The predicted molar refractivity (Wildman–Crippen MR) is 71.7 cm³/mol. The molecule has 0 aliphatic carbocycles. The molecule has 0 amide bonds. The molecule has 0 aliphatic rings. The smallest absolute Gasteiger partial charge is 0.128 e. The van der Waals surface area contributed by atoms with Gasteiger partial charge in [0.15, 0.2) is 0 Å². The van der Waals surface area contributed by atoms with Gasteiger partial charge in [-0.15, -0.1) is 11.3 Å². The highest BCUT2D eigenvalue weighted by molar-refractivity contribution is 7.80. The Bertz CT molecular complexity index is 468. The van der Waals surface area contributed by atoms with Gasteiger partial charge in [0.2, 0.25) is 0 Å². The fraction of sp³-hybridized carbons (Fsp3) is 0.250. The summed E-state index contributed by atoms with van der Waals surface area (Å²) in [6.45, 7) is 0. The van der Waals surface area contributed by atoms with Gasteiger partial charge in [-0.3, -0.25) is 0 Å². The number of hydrogen-bond donors (Lipinski definition) is 1. The van der Waals surface area contributed by atoms with Crippen molar-refractivity contribution >= 4 is 24.0 Å². The van der Waals surface area contributed by atoms with Crippen molar-refractivity contribution in [3.05, 3.63) is 34.7 Å². The Labute approximate surface area is 105 Å². The maximum atomic E-state index is 5.32. The number of benzene rings is 1. The molecule has 0 radical (unpaired) electrons. The standard InChI is InChI=1S/C12H13NOS2/c1-14-11-5-3-2-4-9(11)10-8-16-12(13-10)6-7-15/h2-5,8,15H,6-7H2,1H3. The number of methoxy groups -OCH3 is 1. The van der Waals surface area contributed by atoms with Crippen LogP contribution in [0.3, 0.4) is 0 Å². The minimum absolute atomic E-state index is 0.832. The summed E-state index contributed by atoms with van der Waals surface area (Å²) in [4.78, 5) is 4.57. The van der Waals surface area contributed by atoms with E-state index in [2.05, 4.69) is 23.0 Å². The van der Waals surface area contributed by atoms with E-state index in [1.54, 1.807) is 18.4 Å². The van der Waals surface area contributed by atoms with Crippen molar-refractivity contribution in [1.82, 2.24) is 4.98 Å². The van der Waals surface area contributed by atoms with E-state index in [0.717, 1.165) is 34.2 Å². The zero-order valence-corrected chi connectivity index (χ0v) is 10.7. The summed E-state index contributed by atoms with van der Waals surface area (Å²) >= 11 is 5.88. The van der Waals surface area contributed by atoms with Gasteiger partial charge in [-0.25, -0.2) is 4.98 Å². The summed E-state index contributed by atoms with van der Waals surface area (Å²) in [7, 11) is 1.68. The highest BCUT2D eigenvalue weighted by atomic mass is 32.1. The molecule has 0 atom stereocenters. The van der Waals surface area contributed by atoms with Crippen molar-refractivity contribution in [3.63, 3.8) is 0 Å². The van der Waals surface area contributed by atoms with Crippen molar-refractivity contribution in [2.75, 3.05) is 12.9 Å². The van der Waals surface area contributed by atoms with Crippen molar-refractivity contribution in [1.29, 1.82) is 0 Å². The SMILES string of the molecule is COc1ccccc1-c1csc(CCS)n1. The molecule has 4 heteroatoms. The minimum Gasteiger partial charge on any atom is -0.496 e. The molecule has 0 aliphatic heterocycles. The molecule has 1 heterocycles. The molecule has 2 rings (SSSR count). The van der Waals surface area contributed by atoms with E-state index < -0.39 is 0 Å². The van der Waals surface area contributed by atoms with Crippen molar-refractivity contribution in [3.8, 4) is 17.0 Å². The number of hydrogen-bond acceptors (Lipinski definition) is 4. The average molecular weight is 251 g/mol. The number of thiol groups is 1. The normalized spacial score (nSPS) is 10.4. The molecule has 1 aromatic heterocycles. The lowest BCUT2D eigenvalue weighted by molar-refractivity contribution is 0.416. The summed E-state index contributed by atoms with van der Waals surface area (Å²) in [5, 5.41) is 3.19. The number of ether oxygens (including phenoxy) is 1. The molecule has 0 N–H and O–H groups in total. The Morgan fingerprint density at radius 3 is 2.94 bits per heavy atom. The third kappa shape index (κ3) is 2.39. The number of thiazole rings is 1. The molecule has 2 aromatic rings. The van der Waals surface area contributed by atoms with E-state index in [4.69, 9.17) is 4.74 Å². The van der Waals surface area contributed by atoms with E-state index in [1.807, 2.05) is 24.3 Å². The van der Waals surface area contributed by atoms with Crippen LogP contribution in [0.2, 0.25) is 0 Å². The van der Waals surface area contributed by atoms with E-state index in [1.165, 1.54) is 0 Å². The molecule has 0 spiro atoms. The first-order chi connectivity index (χ1) is 7.85. The van der Waals surface area contributed by atoms with Crippen molar-refractivity contribution in [2.45, 2.75) is 6.42 Å². The van der Waals surface area contributed by atoms with Crippen LogP contribution >= 0.6 is 24.0 Å². The summed E-state index contributed by atoms with van der Waals surface area (Å²) in [6, 6.07) is 7.93. The fourth-order valence-corrected chi connectivity index (χ4v) is 2.66. The predicted octanol–water partition coefficient (Wildman–Crippen LogP) is 3.29. The van der Waals surface area contributed by atoms with Crippen LogP contribution in [0.15, 0.2) is 29.6 Å². The Morgan fingerprint density at radius 2 is 2.19 bits per heavy atom. The van der Waals surface area contributed by atoms with E-state index in [-0.39, 0.29) is 0 Å². The van der Waals surface area contributed by atoms with Gasteiger partial charge in [-0.05, 0) is 17.9 Å². The van der Waals surface area contributed by atoms with Gasteiger partial charge in [0.05, 0.1) is 17.8 Å². The molecular weight excluding hydrogens is 238 g/mol. The third-order valence-electron chi connectivity index (χ3n) is 2.26. The van der Waals surface area contributed by atoms with Gasteiger partial charge < -0.3 is 4.74 Å². The number of aryl methyl sites for hydroxylation is 1. The lowest BCUT2D eigenvalue weighted by Gasteiger charge is -2.04. The summed E-state index contributed by atoms with van der Waals surface area (Å²) < 4.78 is 5.32. The molecule has 0 saturated carbocycles. The van der Waals surface area contributed by atoms with Crippen LogP contribution in [0.1, 0.15) is 5.01 Å². The Balaban J connectivity index is 2.34. The van der Waals surface area contributed by atoms with Crippen LogP contribution in [0.4, 0.5) is 0 Å². The molecule has 0 unspecified atom stereocenters. The van der Waals surface area contributed by atoms with Crippen LogP contribution in [-0.2, 0) is 6.42 Å². The van der Waals surface area contributed by atoms with Gasteiger partial charge in [-0.1, -0.05) is 12.1 Å². The zero-order valence-electron chi connectivity index (χ0n) is 9.01. The number of nitrogens with zero attached hydrogens (tertiary/aromatic N) is 1. The van der Waals surface area contributed by atoms with Crippen molar-refractivity contribution in [2.24, 2.45) is 0 Å². The lowest BCUT2D eigenvalue weighted by Crippen LogP contribution is -1.89. The van der Waals surface area contributed by atoms with Gasteiger partial charge in [0.1, 0.15) is 5.75 Å². The summed E-state index contributed by atoms with van der Waals surface area (Å²) in [6.07, 6.45) is 0.920. The van der Waals surface area contributed by atoms with Crippen LogP contribution < -0.4 is 4.74 Å². The number of para-hydroxylation sites is 1. The molecule has 0 fully saturated rings. The molecule has 2 nitrogen and oxygen atoms in total. The molecular formula is C12H13NOS2. The molecule has 16 heavy (non-hydrogen) atoms. The third-order valence-corrected chi connectivity index (χ3v) is 3.39. The average Bonchev–Trinajstić information content (AvgIpc) is 2.78. The van der Waals surface area contributed by atoms with Gasteiger partial charge in [0, 0.05) is 17.4 Å². The maximum Gasteiger partial charge on any atom is 0.128 e. The largest absolute Gasteiger partial charge is 0.496 e. The second-order valence-corrected chi connectivity index (χ2v) is 4.69. The number of rotatable bonds is 4. The highest BCUT2D eigenvalue weighted by Crippen LogP contribution is 2.30. The first-order valence-corrected chi connectivity index (χ1v) is 6.55. The minimum atomic E-state index is 0.832. The van der Waals surface area contributed by atoms with Crippen LogP contribution in [0.25, 0.3) is 11.3 Å². The Hall–Kier alpha value is -1.00. The van der Waals surface area contributed by atoms with E-state index >= 15 is 0 Å². The van der Waals surface area contributed by atoms with Gasteiger partial charge in [-0.2, -0.15) is 12.6 Å². The second kappa shape index (κ2) is 5.37. The highest BCUT2D eigenvalue weighted by Gasteiger charge is 2.08. The zero-order chi connectivity index (χ0) is 11.4. The van der Waals surface area contributed by atoms with Crippen molar-refractivity contribution < 1.29 is 4.74 Å². The van der Waals surface area contributed by atoms with E-state index in [0.29, 0.717) is 0 Å². The molecule has 1 aromatic carbocycles. The van der Waals surface area contributed by atoms with Crippen LogP contribution in [0, 0.1) is 0 Å². The molecule has 0 saturated heterocycles. The first-order valence-electron chi connectivity index (χ1n) is 5.04. The maximum absolute atomic E-state index is 5.32. The topological polar surface area (TPSA) is 22.1 Å². The fourth-order valence-electron chi connectivity index (χ4n) is 1.50. The first kappa shape index (κ1) is 11.5. The van der Waals surface area contributed by atoms with Gasteiger partial charge >= 0.3 is 0 Å². The second-order valence-electron chi connectivity index (χ2n) is 3.30. The summed E-state index contributed by atoms with van der Waals surface area (Å²) in [5.41, 5.74) is 2.03. The Morgan fingerprint density at radius 1 is 1.38 bits per heavy atom. The summed E-state index contributed by atoms with van der Waals surface area (Å²) in [5.74, 6) is 1.70.